The Morgan fingerprint density at radius 2 is 1.71 bits per heavy atom. The van der Waals surface area contributed by atoms with Crippen LogP contribution in [-0.4, -0.2) is 40.4 Å². The maximum absolute atomic E-state index is 14.2. The van der Waals surface area contributed by atoms with E-state index in [0.29, 0.717) is 21.5 Å². The number of aliphatic carboxylic acids is 1. The van der Waals surface area contributed by atoms with Crippen LogP contribution in [0.25, 0.3) is 32.5 Å². The number of aromatic nitrogens is 2. The highest BCUT2D eigenvalue weighted by molar-refractivity contribution is 7.18. The van der Waals surface area contributed by atoms with Crippen LogP contribution in [0.15, 0.2) is 84.5 Å². The molecule has 0 fully saturated rings. The lowest BCUT2D eigenvalue weighted by Crippen LogP contribution is -2.32. The van der Waals surface area contributed by atoms with E-state index in [9.17, 15) is 18.0 Å². The number of carbonyl (C=O) groups is 1. The van der Waals surface area contributed by atoms with Crippen molar-refractivity contribution in [2.45, 2.75) is 24.7 Å². The second-order valence-corrected chi connectivity index (χ2v) is 10.1. The van der Waals surface area contributed by atoms with Crippen LogP contribution in [0, 0.1) is 0 Å². The number of rotatable bonds is 9. The Kier molecular flexibility index (Phi) is 7.91. The molecule has 5 rings (SSSR count). The molecule has 210 valence electrons. The summed E-state index contributed by atoms with van der Waals surface area (Å²) in [4.78, 5) is 19.4. The van der Waals surface area contributed by atoms with Crippen molar-refractivity contribution < 1.29 is 32.5 Å². The highest BCUT2D eigenvalue weighted by Crippen LogP contribution is 2.42. The predicted molar refractivity (Wildman–Crippen MR) is 150 cm³/mol. The zero-order chi connectivity index (χ0) is 29.1. The molecule has 2 aromatic heterocycles. The molecule has 0 amide bonds. The molecule has 2 atom stereocenters. The van der Waals surface area contributed by atoms with Gasteiger partial charge in [0, 0.05) is 16.5 Å². The number of hydrogen-bond acceptors (Lipinski definition) is 7. The van der Waals surface area contributed by atoms with Gasteiger partial charge in [0.2, 0.25) is 12.0 Å². The SMILES string of the molecule is COc1cccc(-c2ccc(C(Oc3ncnc4c(-c5ccc(C[C@H](N)C(=O)O)cc5)csc34)C(F)(F)F)cc2)c1. The number of alkyl halides is 3. The van der Waals surface area contributed by atoms with Gasteiger partial charge in [0.25, 0.3) is 0 Å². The number of carboxylic acid groups (broad SMARTS) is 1. The molecule has 5 aromatic rings. The van der Waals surface area contributed by atoms with E-state index in [4.69, 9.17) is 20.3 Å². The molecule has 1 unspecified atom stereocenters. The van der Waals surface area contributed by atoms with E-state index in [1.807, 2.05) is 12.1 Å². The maximum atomic E-state index is 14.2. The molecule has 7 nitrogen and oxygen atoms in total. The third-order valence-electron chi connectivity index (χ3n) is 6.50. The van der Waals surface area contributed by atoms with Crippen LogP contribution in [0.3, 0.4) is 0 Å². The van der Waals surface area contributed by atoms with Gasteiger partial charge in [-0.1, -0.05) is 60.7 Å². The van der Waals surface area contributed by atoms with Gasteiger partial charge < -0.3 is 20.3 Å². The second kappa shape index (κ2) is 11.6. The van der Waals surface area contributed by atoms with Crippen molar-refractivity contribution in [2.24, 2.45) is 5.73 Å². The molecule has 3 aromatic carbocycles. The summed E-state index contributed by atoms with van der Waals surface area (Å²) >= 11 is 1.18. The molecule has 41 heavy (non-hydrogen) atoms. The summed E-state index contributed by atoms with van der Waals surface area (Å²) in [5.74, 6) is -0.619. The standard InChI is InChI=1S/C30H24F3N3O4S/c1-39-22-4-2-3-21(14-22)18-9-11-20(12-10-18)27(30(31,32)33)40-28-26-25(35-16-36-28)23(15-41-26)19-7-5-17(6-8-19)13-24(34)29(37)38/h2-12,14-16,24,27H,13,34H2,1H3,(H,37,38)/t24-,27?/m0/s1. The molecule has 11 heteroatoms. The van der Waals surface area contributed by atoms with Crippen LogP contribution in [0.5, 0.6) is 11.6 Å². The van der Waals surface area contributed by atoms with Gasteiger partial charge in [-0.2, -0.15) is 13.2 Å². The number of hydrogen-bond donors (Lipinski definition) is 2. The van der Waals surface area contributed by atoms with Crippen molar-refractivity contribution in [2.75, 3.05) is 7.11 Å². The molecule has 0 saturated carbocycles. The summed E-state index contributed by atoms with van der Waals surface area (Å²) in [5, 5.41) is 10.8. The number of benzene rings is 3. The third-order valence-corrected chi connectivity index (χ3v) is 7.46. The van der Waals surface area contributed by atoms with Crippen LogP contribution < -0.4 is 15.2 Å². The number of thiophene rings is 1. The molecular weight excluding hydrogens is 555 g/mol. The first-order valence-corrected chi connectivity index (χ1v) is 13.3. The summed E-state index contributed by atoms with van der Waals surface area (Å²) in [6.07, 6.45) is -5.61. The van der Waals surface area contributed by atoms with E-state index < -0.39 is 24.3 Å². The number of methoxy groups -OCH3 is 1. The average molecular weight is 580 g/mol. The lowest BCUT2D eigenvalue weighted by atomic mass is 10.0. The lowest BCUT2D eigenvalue weighted by molar-refractivity contribution is -0.198. The fourth-order valence-corrected chi connectivity index (χ4v) is 5.33. The average Bonchev–Trinajstić information content (AvgIpc) is 3.41. The third kappa shape index (κ3) is 6.16. The minimum atomic E-state index is -4.71. The van der Waals surface area contributed by atoms with E-state index in [1.165, 1.54) is 29.8 Å². The van der Waals surface area contributed by atoms with Gasteiger partial charge >= 0.3 is 12.1 Å². The van der Waals surface area contributed by atoms with Crippen LogP contribution >= 0.6 is 11.3 Å². The van der Waals surface area contributed by atoms with Gasteiger partial charge in [0.15, 0.2) is 0 Å². The van der Waals surface area contributed by atoms with Crippen molar-refractivity contribution in [3.05, 3.63) is 95.6 Å². The first-order chi connectivity index (χ1) is 19.6. The number of nitrogens with zero attached hydrogens (tertiary/aromatic N) is 2. The molecule has 0 aliphatic carbocycles. The summed E-state index contributed by atoms with van der Waals surface area (Å²) in [5.41, 5.74) is 9.73. The minimum Gasteiger partial charge on any atom is -0.497 e. The molecular formula is C30H24F3N3O4S. The molecule has 3 N–H and O–H groups in total. The normalized spacial score (nSPS) is 13.1. The summed E-state index contributed by atoms with van der Waals surface area (Å²) in [6, 6.07) is 19.3. The Hall–Kier alpha value is -4.48. The van der Waals surface area contributed by atoms with Gasteiger partial charge in [-0.3, -0.25) is 4.79 Å². The van der Waals surface area contributed by atoms with Crippen molar-refractivity contribution in [3.63, 3.8) is 0 Å². The Bertz CT molecular complexity index is 1670. The molecule has 0 spiro atoms. The fourth-order valence-electron chi connectivity index (χ4n) is 4.37. The first-order valence-electron chi connectivity index (χ1n) is 12.4. The molecule has 0 bridgehead atoms. The summed E-state index contributed by atoms with van der Waals surface area (Å²) in [7, 11) is 1.55. The Morgan fingerprint density at radius 1 is 1.00 bits per heavy atom. The highest BCUT2D eigenvalue weighted by atomic mass is 32.1. The highest BCUT2D eigenvalue weighted by Gasteiger charge is 2.43. The monoisotopic (exact) mass is 579 g/mol. The largest absolute Gasteiger partial charge is 0.497 e. The van der Waals surface area contributed by atoms with Gasteiger partial charge in [0.1, 0.15) is 22.8 Å². The Balaban J connectivity index is 1.42. The minimum absolute atomic E-state index is 0.0668. The van der Waals surface area contributed by atoms with Crippen LogP contribution in [0.2, 0.25) is 0 Å². The zero-order valence-corrected chi connectivity index (χ0v) is 22.4. The van der Waals surface area contributed by atoms with Gasteiger partial charge in [-0.15, -0.1) is 11.3 Å². The second-order valence-electron chi connectivity index (χ2n) is 9.25. The topological polar surface area (TPSA) is 108 Å². The summed E-state index contributed by atoms with van der Waals surface area (Å²) in [6.45, 7) is 0. The number of fused-ring (bicyclic) bond motifs is 1. The number of carboxylic acids is 1. The maximum Gasteiger partial charge on any atom is 0.429 e. The van der Waals surface area contributed by atoms with Crippen molar-refractivity contribution in [1.82, 2.24) is 9.97 Å². The Morgan fingerprint density at radius 3 is 2.37 bits per heavy atom. The Labute approximate surface area is 237 Å². The number of nitrogens with two attached hydrogens (primary N) is 1. The van der Waals surface area contributed by atoms with E-state index in [1.54, 1.807) is 61.0 Å². The zero-order valence-electron chi connectivity index (χ0n) is 21.6. The van der Waals surface area contributed by atoms with Crippen LogP contribution in [0.1, 0.15) is 17.2 Å². The van der Waals surface area contributed by atoms with Gasteiger partial charge in [-0.05, 0) is 40.8 Å². The van der Waals surface area contributed by atoms with Crippen molar-refractivity contribution in [1.29, 1.82) is 0 Å². The van der Waals surface area contributed by atoms with Crippen molar-refractivity contribution in [3.8, 4) is 33.9 Å². The summed E-state index contributed by atoms with van der Waals surface area (Å²) < 4.78 is 53.9. The molecule has 2 heterocycles. The van der Waals surface area contributed by atoms with Crippen LogP contribution in [-0.2, 0) is 11.2 Å². The molecule has 0 aliphatic heterocycles. The van der Waals surface area contributed by atoms with E-state index in [0.717, 1.165) is 22.3 Å². The molecule has 0 saturated heterocycles. The first kappa shape index (κ1) is 28.1. The number of ether oxygens (including phenoxy) is 2. The van der Waals surface area contributed by atoms with E-state index in [2.05, 4.69) is 9.97 Å². The lowest BCUT2D eigenvalue weighted by Gasteiger charge is -2.22. The fraction of sp³-hybridized carbons (Fsp3) is 0.167. The molecule has 0 aliphatic rings. The quantitative estimate of drug-likeness (QED) is 0.201. The van der Waals surface area contributed by atoms with E-state index in [-0.39, 0.29) is 17.9 Å². The van der Waals surface area contributed by atoms with Gasteiger partial charge in [0.05, 0.1) is 12.6 Å². The van der Waals surface area contributed by atoms with Crippen molar-refractivity contribution >= 4 is 27.5 Å². The van der Waals surface area contributed by atoms with Crippen LogP contribution in [0.4, 0.5) is 13.2 Å². The smallest absolute Gasteiger partial charge is 0.429 e. The van der Waals surface area contributed by atoms with Gasteiger partial charge in [-0.25, -0.2) is 9.97 Å². The molecule has 0 radical (unpaired) electrons. The predicted octanol–water partition coefficient (Wildman–Crippen LogP) is 6.67. The van der Waals surface area contributed by atoms with E-state index >= 15 is 0 Å². The number of halogens is 3.